The Balaban J connectivity index is 1.61. The van der Waals surface area contributed by atoms with Gasteiger partial charge in [0, 0.05) is 31.3 Å². The zero-order chi connectivity index (χ0) is 16.4. The van der Waals surface area contributed by atoms with E-state index in [1.807, 2.05) is 0 Å². The summed E-state index contributed by atoms with van der Waals surface area (Å²) in [6.07, 6.45) is 2.02. The molecule has 122 valence electrons. The molecule has 1 fully saturated rings. The number of hydrogen-bond acceptors (Lipinski definition) is 4. The van der Waals surface area contributed by atoms with E-state index in [1.54, 1.807) is 4.90 Å². The number of nitrogens with one attached hydrogen (secondary N) is 2. The molecule has 8 heteroatoms. The van der Waals surface area contributed by atoms with Gasteiger partial charge in [-0.1, -0.05) is 6.07 Å². The molecule has 2 atom stereocenters. The van der Waals surface area contributed by atoms with Gasteiger partial charge in [0.1, 0.15) is 17.3 Å². The smallest absolute Gasteiger partial charge is 0.269 e. The maximum absolute atomic E-state index is 13.7. The highest BCUT2D eigenvalue weighted by atomic mass is 19.1. The van der Waals surface area contributed by atoms with Crippen molar-refractivity contribution in [3.63, 3.8) is 0 Å². The Morgan fingerprint density at radius 3 is 2.96 bits per heavy atom. The van der Waals surface area contributed by atoms with Crippen LogP contribution in [0.5, 0.6) is 0 Å². The van der Waals surface area contributed by atoms with Crippen molar-refractivity contribution >= 4 is 5.91 Å². The molecule has 1 aromatic carbocycles. The minimum atomic E-state index is -0.759. The van der Waals surface area contributed by atoms with E-state index in [4.69, 9.17) is 0 Å². The van der Waals surface area contributed by atoms with Crippen molar-refractivity contribution in [2.75, 3.05) is 13.1 Å². The van der Waals surface area contributed by atoms with E-state index >= 15 is 0 Å². The largest absolute Gasteiger partial charge is 0.390 e. The van der Waals surface area contributed by atoms with Crippen LogP contribution in [0.4, 0.5) is 8.78 Å². The maximum atomic E-state index is 13.7. The van der Waals surface area contributed by atoms with E-state index in [9.17, 15) is 18.7 Å². The number of rotatable bonds is 4. The molecule has 2 heterocycles. The lowest BCUT2D eigenvalue weighted by Gasteiger charge is -2.16. The fourth-order valence-electron chi connectivity index (χ4n) is 2.65. The van der Waals surface area contributed by atoms with Crippen LogP contribution in [0, 0.1) is 11.6 Å². The van der Waals surface area contributed by atoms with E-state index in [-0.39, 0.29) is 12.5 Å². The number of aromatic nitrogens is 2. The monoisotopic (exact) mass is 322 g/mol. The summed E-state index contributed by atoms with van der Waals surface area (Å²) in [7, 11) is 0. The van der Waals surface area contributed by atoms with Gasteiger partial charge in [0.05, 0.1) is 24.7 Å². The predicted molar refractivity (Wildman–Crippen MR) is 77.5 cm³/mol. The van der Waals surface area contributed by atoms with Crippen LogP contribution in [0.15, 0.2) is 30.7 Å². The highest BCUT2D eigenvalue weighted by Crippen LogP contribution is 2.17. The zero-order valence-corrected chi connectivity index (χ0v) is 12.2. The van der Waals surface area contributed by atoms with Crippen molar-refractivity contribution in [3.05, 3.63) is 53.6 Å². The summed E-state index contributed by atoms with van der Waals surface area (Å²) < 4.78 is 26.6. The molecule has 23 heavy (non-hydrogen) atoms. The first kappa shape index (κ1) is 15.6. The molecular weight excluding hydrogens is 306 g/mol. The number of nitrogens with zero attached hydrogens (tertiary/aromatic N) is 2. The second-order valence-electron chi connectivity index (χ2n) is 5.54. The number of carbonyl (C=O) groups excluding carboxylic acids is 1. The number of aromatic amines is 1. The van der Waals surface area contributed by atoms with Gasteiger partial charge in [0.25, 0.3) is 5.91 Å². The third kappa shape index (κ3) is 3.54. The van der Waals surface area contributed by atoms with E-state index in [1.165, 1.54) is 24.7 Å². The average Bonchev–Trinajstić information content (AvgIpc) is 3.13. The third-order valence-corrected chi connectivity index (χ3v) is 3.83. The summed E-state index contributed by atoms with van der Waals surface area (Å²) in [5.41, 5.74) is 0.652. The molecule has 0 unspecified atom stereocenters. The molecule has 1 aliphatic rings. The molecule has 1 amide bonds. The number of likely N-dealkylation sites (tertiary alicyclic amines) is 1. The molecule has 1 saturated heterocycles. The number of benzene rings is 1. The van der Waals surface area contributed by atoms with Crippen LogP contribution in [0.1, 0.15) is 16.1 Å². The molecule has 0 spiro atoms. The summed E-state index contributed by atoms with van der Waals surface area (Å²) in [5, 5.41) is 12.8. The first-order valence-electron chi connectivity index (χ1n) is 7.16. The second kappa shape index (κ2) is 6.43. The molecule has 0 bridgehead atoms. The Morgan fingerprint density at radius 2 is 2.26 bits per heavy atom. The number of imidazole rings is 1. The van der Waals surface area contributed by atoms with E-state index in [2.05, 4.69) is 15.3 Å². The molecule has 0 aliphatic carbocycles. The minimum Gasteiger partial charge on any atom is -0.390 e. The molecule has 0 radical (unpaired) electrons. The Bertz CT molecular complexity index is 693. The molecular formula is C15H16F2N4O2. The van der Waals surface area contributed by atoms with Crippen LogP contribution < -0.4 is 5.32 Å². The Morgan fingerprint density at radius 1 is 1.43 bits per heavy atom. The number of β-amino-alcohol motifs (C(OH)–C–C–N with tert-alkyl or cyclic N) is 1. The van der Waals surface area contributed by atoms with Crippen molar-refractivity contribution in [2.24, 2.45) is 0 Å². The van der Waals surface area contributed by atoms with Gasteiger partial charge in [-0.2, -0.15) is 0 Å². The normalized spacial score (nSPS) is 21.5. The molecule has 3 N–H and O–H groups in total. The van der Waals surface area contributed by atoms with Gasteiger partial charge < -0.3 is 15.4 Å². The number of carbonyl (C=O) groups is 1. The number of H-pyrrole nitrogens is 1. The van der Waals surface area contributed by atoms with Crippen LogP contribution in [0.2, 0.25) is 0 Å². The topological polar surface area (TPSA) is 81.2 Å². The number of aliphatic hydroxyl groups is 1. The quantitative estimate of drug-likeness (QED) is 0.772. The van der Waals surface area contributed by atoms with Gasteiger partial charge in [-0.3, -0.25) is 9.69 Å². The zero-order valence-electron chi connectivity index (χ0n) is 12.2. The average molecular weight is 322 g/mol. The van der Waals surface area contributed by atoms with Crippen LogP contribution in [-0.2, 0) is 6.54 Å². The van der Waals surface area contributed by atoms with Gasteiger partial charge >= 0.3 is 0 Å². The van der Waals surface area contributed by atoms with Gasteiger partial charge in [-0.05, 0) is 6.07 Å². The van der Waals surface area contributed by atoms with Crippen LogP contribution in [0.3, 0.4) is 0 Å². The standard InChI is InChI=1S/C15H16F2N4O2/c16-10-2-1-9(11(17)3-10)5-21-6-13(14(22)7-21)20-15(23)12-4-18-8-19-12/h1-4,8,13-14,22H,5-7H2,(H,18,19)(H,20,23)/t13-,14-/m1/s1. The first-order chi connectivity index (χ1) is 11.0. The predicted octanol–water partition coefficient (Wildman–Crippen LogP) is 0.663. The van der Waals surface area contributed by atoms with Crippen LogP contribution in [0.25, 0.3) is 0 Å². The third-order valence-electron chi connectivity index (χ3n) is 3.83. The molecule has 1 aliphatic heterocycles. The summed E-state index contributed by atoms with van der Waals surface area (Å²) in [5.74, 6) is -1.61. The fourth-order valence-corrected chi connectivity index (χ4v) is 2.65. The first-order valence-corrected chi connectivity index (χ1v) is 7.16. The van der Waals surface area contributed by atoms with Gasteiger partial charge in [-0.15, -0.1) is 0 Å². The number of halogens is 2. The highest BCUT2D eigenvalue weighted by Gasteiger charge is 2.33. The highest BCUT2D eigenvalue weighted by molar-refractivity contribution is 5.92. The van der Waals surface area contributed by atoms with Gasteiger partial charge in [0.15, 0.2) is 0 Å². The lowest BCUT2D eigenvalue weighted by molar-refractivity contribution is 0.0884. The minimum absolute atomic E-state index is 0.236. The number of aliphatic hydroxyl groups excluding tert-OH is 1. The van der Waals surface area contributed by atoms with Crippen LogP contribution >= 0.6 is 0 Å². The van der Waals surface area contributed by atoms with Crippen molar-refractivity contribution in [2.45, 2.75) is 18.7 Å². The maximum Gasteiger partial charge on any atom is 0.269 e. The van der Waals surface area contributed by atoms with E-state index < -0.39 is 23.8 Å². The molecule has 1 aromatic heterocycles. The molecule has 3 rings (SSSR count). The van der Waals surface area contributed by atoms with E-state index in [0.717, 1.165) is 6.07 Å². The summed E-state index contributed by atoms with van der Waals surface area (Å²) in [6.45, 7) is 0.905. The van der Waals surface area contributed by atoms with Crippen molar-refractivity contribution in [1.29, 1.82) is 0 Å². The summed E-state index contributed by atoms with van der Waals surface area (Å²) in [6, 6.07) is 2.95. The Hall–Kier alpha value is -2.32. The van der Waals surface area contributed by atoms with E-state index in [0.29, 0.717) is 24.3 Å². The molecule has 2 aromatic rings. The summed E-state index contributed by atoms with van der Waals surface area (Å²) in [4.78, 5) is 20.2. The number of amides is 1. The molecule has 0 saturated carbocycles. The van der Waals surface area contributed by atoms with Crippen molar-refractivity contribution in [1.82, 2.24) is 20.2 Å². The van der Waals surface area contributed by atoms with Crippen molar-refractivity contribution in [3.8, 4) is 0 Å². The van der Waals surface area contributed by atoms with Gasteiger partial charge in [0.2, 0.25) is 0 Å². The van der Waals surface area contributed by atoms with Gasteiger partial charge in [-0.25, -0.2) is 13.8 Å². The van der Waals surface area contributed by atoms with Crippen molar-refractivity contribution < 1.29 is 18.7 Å². The molecule has 6 nitrogen and oxygen atoms in total. The fraction of sp³-hybridized carbons (Fsp3) is 0.333. The Labute approximate surface area is 131 Å². The SMILES string of the molecule is O=C(N[C@@H]1CN(Cc2ccc(F)cc2F)C[C@H]1O)c1cnc[nH]1. The lowest BCUT2D eigenvalue weighted by Crippen LogP contribution is -2.42. The number of hydrogen-bond donors (Lipinski definition) is 3. The summed E-state index contributed by atoms with van der Waals surface area (Å²) >= 11 is 0. The second-order valence-corrected chi connectivity index (χ2v) is 5.54. The Kier molecular flexibility index (Phi) is 4.35. The van der Waals surface area contributed by atoms with Crippen LogP contribution in [-0.4, -0.2) is 51.1 Å². The lowest BCUT2D eigenvalue weighted by atomic mass is 10.2.